The van der Waals surface area contributed by atoms with Gasteiger partial charge in [0.05, 0.1) is 5.69 Å². The number of benzene rings is 2. The summed E-state index contributed by atoms with van der Waals surface area (Å²) in [4.78, 5) is 23.7. The van der Waals surface area contributed by atoms with Crippen LogP contribution in [0.3, 0.4) is 0 Å². The summed E-state index contributed by atoms with van der Waals surface area (Å²) in [6, 6.07) is 11.4. The maximum absolute atomic E-state index is 13.5. The van der Waals surface area contributed by atoms with Crippen LogP contribution in [-0.2, 0) is 16.0 Å². The summed E-state index contributed by atoms with van der Waals surface area (Å²) in [6.07, 6.45) is -0.0580. The second-order valence-corrected chi connectivity index (χ2v) is 5.60. The number of aryl methyl sites for hydroxylation is 1. The number of ether oxygens (including phenoxy) is 1. The number of amides is 2. The Kier molecular flexibility index (Phi) is 4.46. The van der Waals surface area contributed by atoms with E-state index in [0.717, 1.165) is 0 Å². The lowest BCUT2D eigenvalue weighted by Crippen LogP contribution is -2.34. The van der Waals surface area contributed by atoms with Crippen molar-refractivity contribution in [3.8, 4) is 5.75 Å². The van der Waals surface area contributed by atoms with Crippen LogP contribution in [0, 0.1) is 5.82 Å². The fourth-order valence-corrected chi connectivity index (χ4v) is 2.46. The van der Waals surface area contributed by atoms with Gasteiger partial charge in [0.15, 0.2) is 6.10 Å². The summed E-state index contributed by atoms with van der Waals surface area (Å²) in [6.45, 7) is 1.66. The molecule has 2 aromatic carbocycles. The Morgan fingerprint density at radius 3 is 2.88 bits per heavy atom. The summed E-state index contributed by atoms with van der Waals surface area (Å²) >= 11 is 0. The maximum atomic E-state index is 13.5. The molecule has 0 unspecified atom stereocenters. The second kappa shape index (κ2) is 6.70. The van der Waals surface area contributed by atoms with Crippen molar-refractivity contribution in [3.63, 3.8) is 0 Å². The van der Waals surface area contributed by atoms with Crippen LogP contribution in [0.5, 0.6) is 5.75 Å². The lowest BCUT2D eigenvalue weighted by molar-refractivity contribution is -0.122. The van der Waals surface area contributed by atoms with Crippen LogP contribution < -0.4 is 15.4 Å². The van der Waals surface area contributed by atoms with Crippen LogP contribution in [-0.4, -0.2) is 17.9 Å². The normalized spacial score (nSPS) is 15.9. The third kappa shape index (κ3) is 3.53. The average molecular weight is 328 g/mol. The van der Waals surface area contributed by atoms with Gasteiger partial charge in [0, 0.05) is 12.1 Å². The van der Waals surface area contributed by atoms with Gasteiger partial charge in [0.2, 0.25) is 5.91 Å². The van der Waals surface area contributed by atoms with E-state index < -0.39 is 6.10 Å². The molecule has 0 radical (unpaired) electrons. The van der Waals surface area contributed by atoms with E-state index in [1.165, 1.54) is 6.07 Å². The van der Waals surface area contributed by atoms with Crippen LogP contribution in [0.4, 0.5) is 15.8 Å². The van der Waals surface area contributed by atoms with Crippen molar-refractivity contribution in [2.75, 3.05) is 10.6 Å². The van der Waals surface area contributed by atoms with Crippen LogP contribution in [0.1, 0.15) is 18.9 Å². The molecule has 0 fully saturated rings. The molecule has 2 amide bonds. The SMILES string of the molecule is C[C@@H]1Oc2ccc(NC(=O)CCc3ccccc3F)cc2NC1=O. The van der Waals surface area contributed by atoms with E-state index in [4.69, 9.17) is 4.74 Å². The van der Waals surface area contributed by atoms with E-state index in [1.807, 2.05) is 0 Å². The van der Waals surface area contributed by atoms with Crippen molar-refractivity contribution in [2.45, 2.75) is 25.9 Å². The number of fused-ring (bicyclic) bond motifs is 1. The number of hydrogen-bond donors (Lipinski definition) is 2. The average Bonchev–Trinajstić information content (AvgIpc) is 2.55. The third-order valence-electron chi connectivity index (χ3n) is 3.77. The summed E-state index contributed by atoms with van der Waals surface area (Å²) in [5, 5.41) is 5.46. The Bertz CT molecular complexity index is 792. The first-order chi connectivity index (χ1) is 11.5. The van der Waals surface area contributed by atoms with Gasteiger partial charge in [-0.25, -0.2) is 4.39 Å². The maximum Gasteiger partial charge on any atom is 0.265 e. The Morgan fingerprint density at radius 2 is 2.08 bits per heavy atom. The number of hydrogen-bond acceptors (Lipinski definition) is 3. The zero-order chi connectivity index (χ0) is 17.1. The minimum absolute atomic E-state index is 0.165. The molecule has 1 atom stereocenters. The Balaban J connectivity index is 1.62. The fraction of sp³-hybridized carbons (Fsp3) is 0.222. The number of anilines is 2. The monoisotopic (exact) mass is 328 g/mol. The smallest absolute Gasteiger partial charge is 0.265 e. The number of halogens is 1. The molecule has 2 N–H and O–H groups in total. The van der Waals surface area contributed by atoms with Gasteiger partial charge in [-0.05, 0) is 43.2 Å². The predicted octanol–water partition coefficient (Wildman–Crippen LogP) is 3.12. The van der Waals surface area contributed by atoms with Crippen LogP contribution in [0.15, 0.2) is 42.5 Å². The van der Waals surface area contributed by atoms with Gasteiger partial charge in [0.25, 0.3) is 5.91 Å². The molecule has 0 aliphatic carbocycles. The Hall–Kier alpha value is -2.89. The Labute approximate surface area is 138 Å². The lowest BCUT2D eigenvalue weighted by atomic mass is 10.1. The zero-order valence-corrected chi connectivity index (χ0v) is 13.1. The minimum Gasteiger partial charge on any atom is -0.479 e. The van der Waals surface area contributed by atoms with Crippen molar-refractivity contribution in [1.29, 1.82) is 0 Å². The Morgan fingerprint density at radius 1 is 1.29 bits per heavy atom. The van der Waals surface area contributed by atoms with Gasteiger partial charge in [-0.15, -0.1) is 0 Å². The van der Waals surface area contributed by atoms with Gasteiger partial charge in [-0.2, -0.15) is 0 Å². The minimum atomic E-state index is -0.543. The van der Waals surface area contributed by atoms with Crippen LogP contribution in [0.2, 0.25) is 0 Å². The third-order valence-corrected chi connectivity index (χ3v) is 3.77. The molecular formula is C18H17FN2O3. The second-order valence-electron chi connectivity index (χ2n) is 5.60. The van der Waals surface area contributed by atoms with Crippen LogP contribution in [0.25, 0.3) is 0 Å². The van der Waals surface area contributed by atoms with Crippen LogP contribution >= 0.6 is 0 Å². The van der Waals surface area contributed by atoms with E-state index in [9.17, 15) is 14.0 Å². The van der Waals surface area contributed by atoms with Crippen molar-refractivity contribution >= 4 is 23.2 Å². The highest BCUT2D eigenvalue weighted by molar-refractivity contribution is 5.99. The van der Waals surface area contributed by atoms with Gasteiger partial charge in [0.1, 0.15) is 11.6 Å². The molecule has 0 saturated carbocycles. The van der Waals surface area contributed by atoms with Crippen molar-refractivity contribution < 1.29 is 18.7 Å². The standard InChI is InChI=1S/C18H17FN2O3/c1-11-18(23)21-15-10-13(7-8-16(15)24-11)20-17(22)9-6-12-4-2-3-5-14(12)19/h2-5,7-8,10-11H,6,9H2,1H3,(H,20,22)(H,21,23)/t11-/m0/s1. The van der Waals surface area contributed by atoms with Gasteiger partial charge >= 0.3 is 0 Å². The lowest BCUT2D eigenvalue weighted by Gasteiger charge is -2.23. The highest BCUT2D eigenvalue weighted by Gasteiger charge is 2.23. The zero-order valence-electron chi connectivity index (χ0n) is 13.1. The first-order valence-electron chi connectivity index (χ1n) is 7.68. The first kappa shape index (κ1) is 16.0. The number of nitrogens with one attached hydrogen (secondary N) is 2. The predicted molar refractivity (Wildman–Crippen MR) is 88.5 cm³/mol. The largest absolute Gasteiger partial charge is 0.479 e. The van der Waals surface area contributed by atoms with E-state index in [2.05, 4.69) is 10.6 Å². The van der Waals surface area contributed by atoms with Gasteiger partial charge in [-0.1, -0.05) is 18.2 Å². The molecule has 3 rings (SSSR count). The van der Waals surface area contributed by atoms with Crippen molar-refractivity contribution in [1.82, 2.24) is 0 Å². The molecule has 6 heteroatoms. The number of carbonyl (C=O) groups is 2. The van der Waals surface area contributed by atoms with Gasteiger partial charge < -0.3 is 15.4 Å². The molecule has 1 aliphatic rings. The fourth-order valence-electron chi connectivity index (χ4n) is 2.46. The van der Waals surface area contributed by atoms with E-state index >= 15 is 0 Å². The summed E-state index contributed by atoms with van der Waals surface area (Å²) in [5.74, 6) is -0.209. The van der Waals surface area contributed by atoms with E-state index in [1.54, 1.807) is 43.3 Å². The molecule has 1 heterocycles. The summed E-state index contributed by atoms with van der Waals surface area (Å²) < 4.78 is 19.0. The highest BCUT2D eigenvalue weighted by atomic mass is 19.1. The molecule has 124 valence electrons. The molecule has 0 bridgehead atoms. The number of carbonyl (C=O) groups excluding carboxylic acids is 2. The summed E-state index contributed by atoms with van der Waals surface area (Å²) in [5.41, 5.74) is 1.57. The number of rotatable bonds is 4. The van der Waals surface area contributed by atoms with Crippen molar-refractivity contribution in [2.24, 2.45) is 0 Å². The molecule has 1 aliphatic heterocycles. The van der Waals surface area contributed by atoms with Crippen molar-refractivity contribution in [3.05, 3.63) is 53.8 Å². The first-order valence-corrected chi connectivity index (χ1v) is 7.68. The van der Waals surface area contributed by atoms with E-state index in [0.29, 0.717) is 29.1 Å². The molecule has 0 aromatic heterocycles. The molecule has 5 nitrogen and oxygen atoms in total. The molecule has 2 aromatic rings. The molecule has 0 saturated heterocycles. The van der Waals surface area contributed by atoms with Gasteiger partial charge in [-0.3, -0.25) is 9.59 Å². The highest BCUT2D eigenvalue weighted by Crippen LogP contribution is 2.32. The van der Waals surface area contributed by atoms with E-state index in [-0.39, 0.29) is 24.1 Å². The topological polar surface area (TPSA) is 67.4 Å². The summed E-state index contributed by atoms with van der Waals surface area (Å²) in [7, 11) is 0. The molecular weight excluding hydrogens is 311 g/mol. The molecule has 0 spiro atoms. The quantitative estimate of drug-likeness (QED) is 0.906. The molecule has 24 heavy (non-hydrogen) atoms.